The van der Waals surface area contributed by atoms with E-state index in [9.17, 15) is 4.79 Å². The highest BCUT2D eigenvalue weighted by molar-refractivity contribution is 5.86. The molecule has 0 bridgehead atoms. The van der Waals surface area contributed by atoms with Gasteiger partial charge in [0.25, 0.3) is 0 Å². The summed E-state index contributed by atoms with van der Waals surface area (Å²) in [4.78, 5) is 13.8. The molecule has 124 valence electrons. The third-order valence-electron chi connectivity index (χ3n) is 4.86. The van der Waals surface area contributed by atoms with Crippen LogP contribution in [-0.2, 0) is 11.2 Å². The van der Waals surface area contributed by atoms with E-state index in [0.717, 1.165) is 36.5 Å². The molecule has 1 amide bonds. The van der Waals surface area contributed by atoms with Gasteiger partial charge >= 0.3 is 0 Å². The van der Waals surface area contributed by atoms with Gasteiger partial charge in [0.05, 0.1) is 25.6 Å². The summed E-state index contributed by atoms with van der Waals surface area (Å²) in [5.41, 5.74) is 1.45. The summed E-state index contributed by atoms with van der Waals surface area (Å²) in [5.74, 6) is 0.0192. The monoisotopic (exact) mass is 316 g/mol. The van der Waals surface area contributed by atoms with Crippen molar-refractivity contribution < 1.29 is 14.2 Å². The number of piperidine rings is 1. The summed E-state index contributed by atoms with van der Waals surface area (Å²) in [7, 11) is 0. The molecule has 1 aromatic carbocycles. The Labute approximate surface area is 137 Å². The lowest BCUT2D eigenvalue weighted by atomic mass is 10.0. The van der Waals surface area contributed by atoms with Crippen molar-refractivity contribution >= 4 is 16.9 Å². The van der Waals surface area contributed by atoms with Crippen molar-refractivity contribution in [1.29, 1.82) is 0 Å². The molecule has 5 heteroatoms. The van der Waals surface area contributed by atoms with Gasteiger partial charge in [-0.25, -0.2) is 0 Å². The maximum Gasteiger partial charge on any atom is 0.226 e. The first-order valence-electron chi connectivity index (χ1n) is 8.68. The molecule has 1 aromatic heterocycles. The number of likely N-dealkylation sites (tertiary alicyclic amines) is 1. The Kier molecular flexibility index (Phi) is 5.28. The number of hydrogen-bond acceptors (Lipinski definition) is 3. The number of para-hydroxylation sites is 1. The fraction of sp³-hybridized carbons (Fsp3) is 0.556. The van der Waals surface area contributed by atoms with Crippen molar-refractivity contribution in [2.75, 3.05) is 19.6 Å². The van der Waals surface area contributed by atoms with Crippen molar-refractivity contribution in [3.8, 4) is 0 Å². The smallest absolute Gasteiger partial charge is 0.226 e. The third kappa shape index (κ3) is 4.10. The second-order valence-corrected chi connectivity index (χ2v) is 6.56. The maximum atomic E-state index is 12.1. The summed E-state index contributed by atoms with van der Waals surface area (Å²) in [5, 5.41) is 7.94. The van der Waals surface area contributed by atoms with Gasteiger partial charge in [-0.3, -0.25) is 4.79 Å². The van der Waals surface area contributed by atoms with E-state index in [-0.39, 0.29) is 12.3 Å². The standard InChI is InChI=1S/C18H25N3O2/c1-14-7-4-5-11-21(14)12-6-10-19-18(22)13-16-15-8-2-3-9-17(15)23-20-16/h2-3,8-9,14H,4-7,10-13H2,1H3,(H,19,22)/p+1/t14-/m0/s1. The van der Waals surface area contributed by atoms with E-state index in [1.807, 2.05) is 24.3 Å². The Balaban J connectivity index is 1.41. The number of carbonyl (C=O) groups excluding carboxylic acids is 1. The van der Waals surface area contributed by atoms with Gasteiger partial charge in [-0.15, -0.1) is 0 Å². The zero-order chi connectivity index (χ0) is 16.1. The van der Waals surface area contributed by atoms with Crippen molar-refractivity contribution in [3.63, 3.8) is 0 Å². The number of carbonyl (C=O) groups is 1. The number of rotatable bonds is 6. The molecule has 1 aliphatic rings. The molecule has 1 unspecified atom stereocenters. The van der Waals surface area contributed by atoms with E-state index < -0.39 is 0 Å². The summed E-state index contributed by atoms with van der Waals surface area (Å²) in [6, 6.07) is 8.41. The molecule has 23 heavy (non-hydrogen) atoms. The Morgan fingerprint density at radius 2 is 2.26 bits per heavy atom. The molecule has 1 fully saturated rings. The van der Waals surface area contributed by atoms with Crippen LogP contribution in [0.1, 0.15) is 38.3 Å². The van der Waals surface area contributed by atoms with Crippen LogP contribution in [0.15, 0.2) is 28.8 Å². The van der Waals surface area contributed by atoms with Gasteiger partial charge in [0.1, 0.15) is 5.69 Å². The van der Waals surface area contributed by atoms with Crippen LogP contribution >= 0.6 is 0 Å². The summed E-state index contributed by atoms with van der Waals surface area (Å²) in [6.45, 7) is 5.50. The normalized spacial score (nSPS) is 21.4. The van der Waals surface area contributed by atoms with Crippen molar-refractivity contribution in [2.45, 2.75) is 45.1 Å². The summed E-state index contributed by atoms with van der Waals surface area (Å²) >= 11 is 0. The van der Waals surface area contributed by atoms with E-state index in [1.54, 1.807) is 4.90 Å². The average Bonchev–Trinajstić information content (AvgIpc) is 2.96. The van der Waals surface area contributed by atoms with Crippen LogP contribution in [0.4, 0.5) is 0 Å². The van der Waals surface area contributed by atoms with E-state index in [1.165, 1.54) is 25.8 Å². The quantitative estimate of drug-likeness (QED) is 0.791. The van der Waals surface area contributed by atoms with E-state index >= 15 is 0 Å². The number of aromatic nitrogens is 1. The third-order valence-corrected chi connectivity index (χ3v) is 4.86. The predicted molar refractivity (Wildman–Crippen MR) is 89.3 cm³/mol. The highest BCUT2D eigenvalue weighted by Gasteiger charge is 2.21. The lowest BCUT2D eigenvalue weighted by Gasteiger charge is -2.30. The molecule has 5 nitrogen and oxygen atoms in total. The largest absolute Gasteiger partial charge is 0.356 e. The molecule has 0 radical (unpaired) electrons. The molecular formula is C18H26N3O2+. The summed E-state index contributed by atoms with van der Waals surface area (Å²) in [6.07, 6.45) is 5.36. The van der Waals surface area contributed by atoms with Gasteiger partial charge in [0, 0.05) is 18.4 Å². The van der Waals surface area contributed by atoms with Crippen LogP contribution in [0, 0.1) is 0 Å². The Hall–Kier alpha value is -1.88. The van der Waals surface area contributed by atoms with Crippen LogP contribution < -0.4 is 10.2 Å². The first-order valence-corrected chi connectivity index (χ1v) is 8.68. The van der Waals surface area contributed by atoms with Gasteiger partial charge in [-0.2, -0.15) is 0 Å². The van der Waals surface area contributed by atoms with Gasteiger partial charge in [0.2, 0.25) is 5.91 Å². The zero-order valence-corrected chi connectivity index (χ0v) is 13.8. The van der Waals surface area contributed by atoms with Crippen LogP contribution in [-0.4, -0.2) is 36.7 Å². The first-order chi connectivity index (χ1) is 11.2. The first kappa shape index (κ1) is 16.0. The van der Waals surface area contributed by atoms with Crippen LogP contribution in [0.25, 0.3) is 11.0 Å². The van der Waals surface area contributed by atoms with E-state index in [2.05, 4.69) is 17.4 Å². The second kappa shape index (κ2) is 7.59. The van der Waals surface area contributed by atoms with E-state index in [0.29, 0.717) is 5.69 Å². The fourth-order valence-electron chi connectivity index (χ4n) is 3.45. The minimum atomic E-state index is 0.0192. The molecule has 0 spiro atoms. The number of amides is 1. The number of fused-ring (bicyclic) bond motifs is 1. The lowest BCUT2D eigenvalue weighted by Crippen LogP contribution is -3.16. The number of hydrogen-bond donors (Lipinski definition) is 2. The highest BCUT2D eigenvalue weighted by Crippen LogP contribution is 2.17. The van der Waals surface area contributed by atoms with Crippen molar-refractivity contribution in [2.24, 2.45) is 0 Å². The molecule has 2 N–H and O–H groups in total. The zero-order valence-electron chi connectivity index (χ0n) is 13.8. The second-order valence-electron chi connectivity index (χ2n) is 6.56. The average molecular weight is 316 g/mol. The van der Waals surface area contributed by atoms with Gasteiger partial charge in [-0.1, -0.05) is 17.3 Å². The molecule has 1 saturated heterocycles. The molecule has 2 heterocycles. The molecule has 0 aliphatic carbocycles. The topological polar surface area (TPSA) is 59.6 Å². The molecule has 0 saturated carbocycles. The highest BCUT2D eigenvalue weighted by atomic mass is 16.5. The predicted octanol–water partition coefficient (Wildman–Crippen LogP) is 1.33. The van der Waals surface area contributed by atoms with Crippen LogP contribution in [0.3, 0.4) is 0 Å². The lowest BCUT2D eigenvalue weighted by molar-refractivity contribution is -0.928. The van der Waals surface area contributed by atoms with Crippen LogP contribution in [0.5, 0.6) is 0 Å². The molecule has 3 rings (SSSR count). The SMILES string of the molecule is C[C@H]1CCCC[NH+]1CCCNC(=O)Cc1noc2ccccc12. The number of nitrogens with one attached hydrogen (secondary N) is 2. The number of nitrogens with zero attached hydrogens (tertiary/aromatic N) is 1. The molecule has 1 aliphatic heterocycles. The molecule has 2 atom stereocenters. The summed E-state index contributed by atoms with van der Waals surface area (Å²) < 4.78 is 5.23. The van der Waals surface area contributed by atoms with E-state index in [4.69, 9.17) is 4.52 Å². The Morgan fingerprint density at radius 1 is 1.39 bits per heavy atom. The molecular weight excluding hydrogens is 290 g/mol. The fourth-order valence-corrected chi connectivity index (χ4v) is 3.45. The number of quaternary nitrogens is 1. The minimum Gasteiger partial charge on any atom is -0.356 e. The van der Waals surface area contributed by atoms with Gasteiger partial charge < -0.3 is 14.7 Å². The van der Waals surface area contributed by atoms with Crippen LogP contribution in [0.2, 0.25) is 0 Å². The van der Waals surface area contributed by atoms with Crippen molar-refractivity contribution in [1.82, 2.24) is 10.5 Å². The minimum absolute atomic E-state index is 0.0192. The number of benzene rings is 1. The van der Waals surface area contributed by atoms with Gasteiger partial charge in [0.15, 0.2) is 5.58 Å². The Morgan fingerprint density at radius 3 is 3.13 bits per heavy atom. The molecule has 2 aromatic rings. The van der Waals surface area contributed by atoms with Gasteiger partial charge in [-0.05, 0) is 38.3 Å². The maximum absolute atomic E-state index is 12.1. The van der Waals surface area contributed by atoms with Crippen molar-refractivity contribution in [3.05, 3.63) is 30.0 Å². The Bertz CT molecular complexity index is 653.